The highest BCUT2D eigenvalue weighted by Crippen LogP contribution is 2.26. The lowest BCUT2D eigenvalue weighted by molar-refractivity contribution is 0.0161. The third kappa shape index (κ3) is 3.51. The van der Waals surface area contributed by atoms with Crippen molar-refractivity contribution in [3.05, 3.63) is 60.2 Å². The molecule has 6 nitrogen and oxygen atoms in total. The van der Waals surface area contributed by atoms with Gasteiger partial charge in [0.1, 0.15) is 17.6 Å². The number of fused-ring (bicyclic) bond motifs is 1. The summed E-state index contributed by atoms with van der Waals surface area (Å²) in [6.07, 6.45) is -0.0601. The van der Waals surface area contributed by atoms with Crippen LogP contribution in [0.15, 0.2) is 54.6 Å². The van der Waals surface area contributed by atoms with Crippen molar-refractivity contribution >= 4 is 16.8 Å². The SMILES string of the molecule is COc1cc(OC)cc(C(=O)N2CC(Oc3ccc4ccccc4n3)C2)c1. The molecule has 0 atom stereocenters. The first-order chi connectivity index (χ1) is 13.2. The molecule has 27 heavy (non-hydrogen) atoms. The molecule has 6 heteroatoms. The minimum absolute atomic E-state index is 0.0601. The maximum atomic E-state index is 12.7. The van der Waals surface area contributed by atoms with E-state index in [1.807, 2.05) is 36.4 Å². The van der Waals surface area contributed by atoms with Crippen LogP contribution in [0.3, 0.4) is 0 Å². The van der Waals surface area contributed by atoms with Gasteiger partial charge in [0, 0.05) is 23.1 Å². The van der Waals surface area contributed by atoms with Gasteiger partial charge in [-0.05, 0) is 24.3 Å². The molecule has 1 aliphatic rings. The van der Waals surface area contributed by atoms with Gasteiger partial charge < -0.3 is 19.1 Å². The smallest absolute Gasteiger partial charge is 0.254 e. The zero-order valence-corrected chi connectivity index (χ0v) is 15.2. The Labute approximate surface area is 157 Å². The minimum Gasteiger partial charge on any atom is -0.497 e. The van der Waals surface area contributed by atoms with E-state index in [0.29, 0.717) is 36.0 Å². The van der Waals surface area contributed by atoms with E-state index in [2.05, 4.69) is 4.98 Å². The van der Waals surface area contributed by atoms with Crippen LogP contribution in [0.4, 0.5) is 0 Å². The van der Waals surface area contributed by atoms with Gasteiger partial charge in [0.25, 0.3) is 5.91 Å². The monoisotopic (exact) mass is 364 g/mol. The van der Waals surface area contributed by atoms with Crippen LogP contribution in [0.5, 0.6) is 17.4 Å². The number of aromatic nitrogens is 1. The number of pyridine rings is 1. The first-order valence-electron chi connectivity index (χ1n) is 8.71. The van der Waals surface area contributed by atoms with E-state index in [1.54, 1.807) is 37.3 Å². The third-order valence-electron chi connectivity index (χ3n) is 4.59. The van der Waals surface area contributed by atoms with E-state index >= 15 is 0 Å². The van der Waals surface area contributed by atoms with Crippen molar-refractivity contribution in [1.82, 2.24) is 9.88 Å². The number of carbonyl (C=O) groups excluding carboxylic acids is 1. The number of likely N-dealkylation sites (tertiary alicyclic amines) is 1. The molecule has 138 valence electrons. The van der Waals surface area contributed by atoms with Crippen LogP contribution >= 0.6 is 0 Å². The fourth-order valence-electron chi connectivity index (χ4n) is 3.08. The lowest BCUT2D eigenvalue weighted by atomic mass is 10.1. The highest BCUT2D eigenvalue weighted by molar-refractivity contribution is 5.95. The van der Waals surface area contributed by atoms with Crippen LogP contribution in [0.2, 0.25) is 0 Å². The number of methoxy groups -OCH3 is 2. The van der Waals surface area contributed by atoms with Crippen molar-refractivity contribution in [2.45, 2.75) is 6.10 Å². The number of carbonyl (C=O) groups is 1. The van der Waals surface area contributed by atoms with Gasteiger partial charge in [-0.2, -0.15) is 0 Å². The summed E-state index contributed by atoms with van der Waals surface area (Å²) in [5.74, 6) is 1.69. The van der Waals surface area contributed by atoms with Crippen molar-refractivity contribution < 1.29 is 19.0 Å². The average Bonchev–Trinajstić information content (AvgIpc) is 2.69. The van der Waals surface area contributed by atoms with Crippen molar-refractivity contribution in [3.63, 3.8) is 0 Å². The molecule has 1 aromatic heterocycles. The topological polar surface area (TPSA) is 60.9 Å². The van der Waals surface area contributed by atoms with Crippen LogP contribution in [-0.2, 0) is 0 Å². The fourth-order valence-corrected chi connectivity index (χ4v) is 3.08. The molecule has 4 rings (SSSR count). The van der Waals surface area contributed by atoms with Gasteiger partial charge in [-0.1, -0.05) is 18.2 Å². The molecule has 2 aromatic carbocycles. The van der Waals surface area contributed by atoms with Crippen LogP contribution in [0.1, 0.15) is 10.4 Å². The van der Waals surface area contributed by atoms with Gasteiger partial charge in [-0.15, -0.1) is 0 Å². The molecule has 1 amide bonds. The van der Waals surface area contributed by atoms with Crippen molar-refractivity contribution in [1.29, 1.82) is 0 Å². The highest BCUT2D eigenvalue weighted by atomic mass is 16.5. The van der Waals surface area contributed by atoms with Gasteiger partial charge in [0.15, 0.2) is 0 Å². The van der Waals surface area contributed by atoms with Crippen molar-refractivity contribution in [2.75, 3.05) is 27.3 Å². The van der Waals surface area contributed by atoms with Crippen LogP contribution in [0.25, 0.3) is 10.9 Å². The molecule has 2 heterocycles. The number of hydrogen-bond donors (Lipinski definition) is 0. The van der Waals surface area contributed by atoms with Gasteiger partial charge in [-0.25, -0.2) is 4.98 Å². The van der Waals surface area contributed by atoms with E-state index in [9.17, 15) is 4.79 Å². The Balaban J connectivity index is 1.40. The third-order valence-corrected chi connectivity index (χ3v) is 4.59. The van der Waals surface area contributed by atoms with Gasteiger partial charge in [0.05, 0.1) is 32.8 Å². The average molecular weight is 364 g/mol. The highest BCUT2D eigenvalue weighted by Gasteiger charge is 2.33. The van der Waals surface area contributed by atoms with E-state index in [0.717, 1.165) is 10.9 Å². The van der Waals surface area contributed by atoms with E-state index in [1.165, 1.54) is 0 Å². The Bertz CT molecular complexity index is 961. The van der Waals surface area contributed by atoms with E-state index < -0.39 is 0 Å². The normalized spacial score (nSPS) is 13.9. The molecule has 1 saturated heterocycles. The molecule has 0 unspecified atom stereocenters. The zero-order valence-electron chi connectivity index (χ0n) is 15.2. The molecule has 3 aromatic rings. The molecular weight excluding hydrogens is 344 g/mol. The molecule has 1 aliphatic heterocycles. The van der Waals surface area contributed by atoms with Crippen LogP contribution < -0.4 is 14.2 Å². The first kappa shape index (κ1) is 17.1. The fraction of sp³-hybridized carbons (Fsp3) is 0.238. The Morgan fingerprint density at radius 3 is 2.41 bits per heavy atom. The van der Waals surface area contributed by atoms with Gasteiger partial charge >= 0.3 is 0 Å². The zero-order chi connectivity index (χ0) is 18.8. The van der Waals surface area contributed by atoms with E-state index in [-0.39, 0.29) is 12.0 Å². The molecule has 0 N–H and O–H groups in total. The second-order valence-corrected chi connectivity index (χ2v) is 6.39. The molecule has 0 spiro atoms. The predicted octanol–water partition coefficient (Wildman–Crippen LogP) is 3.16. The summed E-state index contributed by atoms with van der Waals surface area (Å²) in [6.45, 7) is 1.04. The Kier molecular flexibility index (Phi) is 4.54. The number of benzene rings is 2. The molecular formula is C21H20N2O4. The van der Waals surface area contributed by atoms with Crippen molar-refractivity contribution in [2.24, 2.45) is 0 Å². The number of para-hydroxylation sites is 1. The molecule has 0 aliphatic carbocycles. The summed E-state index contributed by atoms with van der Waals surface area (Å²) in [6, 6.07) is 16.9. The number of ether oxygens (including phenoxy) is 3. The second-order valence-electron chi connectivity index (χ2n) is 6.39. The lowest BCUT2D eigenvalue weighted by Crippen LogP contribution is -2.56. The second kappa shape index (κ2) is 7.15. The predicted molar refractivity (Wildman–Crippen MR) is 102 cm³/mol. The summed E-state index contributed by atoms with van der Waals surface area (Å²) in [4.78, 5) is 18.9. The Hall–Kier alpha value is -3.28. The number of nitrogens with zero attached hydrogens (tertiary/aromatic N) is 2. The Morgan fingerprint density at radius 1 is 1.00 bits per heavy atom. The van der Waals surface area contributed by atoms with E-state index in [4.69, 9.17) is 14.2 Å². The summed E-state index contributed by atoms with van der Waals surface area (Å²) < 4.78 is 16.4. The maximum absolute atomic E-state index is 12.7. The quantitative estimate of drug-likeness (QED) is 0.696. The van der Waals surface area contributed by atoms with Crippen molar-refractivity contribution in [3.8, 4) is 17.4 Å². The standard InChI is InChI=1S/C21H20N2O4/c1-25-16-9-15(10-17(11-16)26-2)21(24)23-12-18(13-23)27-20-8-7-14-5-3-4-6-19(14)22-20/h3-11,18H,12-13H2,1-2H3. The van der Waals surface area contributed by atoms with Gasteiger partial charge in [0.2, 0.25) is 5.88 Å². The number of hydrogen-bond acceptors (Lipinski definition) is 5. The molecule has 0 radical (unpaired) electrons. The summed E-state index contributed by atoms with van der Waals surface area (Å²) in [7, 11) is 3.13. The lowest BCUT2D eigenvalue weighted by Gasteiger charge is -2.38. The molecule has 1 fully saturated rings. The minimum atomic E-state index is -0.0708. The van der Waals surface area contributed by atoms with Crippen LogP contribution in [0, 0.1) is 0 Å². The molecule has 0 bridgehead atoms. The Morgan fingerprint density at radius 2 is 1.70 bits per heavy atom. The summed E-state index contributed by atoms with van der Waals surface area (Å²) >= 11 is 0. The largest absolute Gasteiger partial charge is 0.497 e. The number of amides is 1. The first-order valence-corrected chi connectivity index (χ1v) is 8.71. The van der Waals surface area contributed by atoms with Crippen LogP contribution in [-0.4, -0.2) is 49.2 Å². The van der Waals surface area contributed by atoms with Gasteiger partial charge in [-0.3, -0.25) is 4.79 Å². The summed E-state index contributed by atoms with van der Waals surface area (Å²) in [5, 5.41) is 1.07. The number of rotatable bonds is 5. The summed E-state index contributed by atoms with van der Waals surface area (Å²) in [5.41, 5.74) is 1.43. The molecule has 0 saturated carbocycles. The maximum Gasteiger partial charge on any atom is 0.254 e.